The SMILES string of the molecule is CC(Sc1nc2cc(Cl)ccc2s1)C(=O)Nc1ccccc1F. The highest BCUT2D eigenvalue weighted by molar-refractivity contribution is 8.02. The molecular weight excluding hydrogens is 355 g/mol. The van der Waals surface area contributed by atoms with Gasteiger partial charge in [-0.3, -0.25) is 4.79 Å². The molecular formula is C16H12ClFN2OS2. The summed E-state index contributed by atoms with van der Waals surface area (Å²) in [5, 5.41) is 2.83. The van der Waals surface area contributed by atoms with Crippen molar-refractivity contribution in [2.24, 2.45) is 0 Å². The van der Waals surface area contributed by atoms with E-state index in [2.05, 4.69) is 10.3 Å². The van der Waals surface area contributed by atoms with Gasteiger partial charge in [-0.15, -0.1) is 11.3 Å². The van der Waals surface area contributed by atoms with Crippen LogP contribution >= 0.6 is 34.7 Å². The molecule has 1 heterocycles. The molecule has 0 fully saturated rings. The molecule has 0 spiro atoms. The molecule has 0 saturated heterocycles. The number of carbonyl (C=O) groups is 1. The zero-order chi connectivity index (χ0) is 16.4. The Hall–Kier alpha value is -1.63. The molecule has 118 valence electrons. The third kappa shape index (κ3) is 3.83. The van der Waals surface area contributed by atoms with Crippen molar-refractivity contribution in [3.05, 3.63) is 53.3 Å². The highest BCUT2D eigenvalue weighted by Gasteiger charge is 2.18. The molecule has 1 aromatic heterocycles. The number of para-hydroxylation sites is 1. The second kappa shape index (κ2) is 6.86. The van der Waals surface area contributed by atoms with Gasteiger partial charge in [0.2, 0.25) is 5.91 Å². The molecule has 3 aromatic rings. The smallest absolute Gasteiger partial charge is 0.237 e. The van der Waals surface area contributed by atoms with E-state index < -0.39 is 11.1 Å². The third-order valence-corrected chi connectivity index (χ3v) is 5.57. The van der Waals surface area contributed by atoms with Gasteiger partial charge < -0.3 is 5.32 Å². The standard InChI is InChI=1S/C16H12ClFN2OS2/c1-9(15(21)19-12-5-3-2-4-11(12)18)22-16-20-13-8-10(17)6-7-14(13)23-16/h2-9H,1H3,(H,19,21). The molecule has 0 aliphatic carbocycles. The van der Waals surface area contributed by atoms with E-state index >= 15 is 0 Å². The number of benzene rings is 2. The molecule has 1 atom stereocenters. The Bertz CT molecular complexity index is 868. The summed E-state index contributed by atoms with van der Waals surface area (Å²) in [6.07, 6.45) is 0. The number of carbonyl (C=O) groups excluding carboxylic acids is 1. The van der Waals surface area contributed by atoms with E-state index in [1.54, 1.807) is 25.1 Å². The van der Waals surface area contributed by atoms with Gasteiger partial charge in [-0.2, -0.15) is 0 Å². The lowest BCUT2D eigenvalue weighted by atomic mass is 10.3. The zero-order valence-electron chi connectivity index (χ0n) is 12.0. The molecule has 3 nitrogen and oxygen atoms in total. The first kappa shape index (κ1) is 16.2. The lowest BCUT2D eigenvalue weighted by Gasteiger charge is -2.10. The van der Waals surface area contributed by atoms with E-state index in [4.69, 9.17) is 11.6 Å². The molecule has 0 aliphatic heterocycles. The zero-order valence-corrected chi connectivity index (χ0v) is 14.4. The van der Waals surface area contributed by atoms with Crippen molar-refractivity contribution in [1.29, 1.82) is 0 Å². The number of anilines is 1. The summed E-state index contributed by atoms with van der Waals surface area (Å²) >= 11 is 8.79. The highest BCUT2D eigenvalue weighted by Crippen LogP contribution is 2.33. The summed E-state index contributed by atoms with van der Waals surface area (Å²) in [5.41, 5.74) is 0.993. The van der Waals surface area contributed by atoms with E-state index in [0.29, 0.717) is 5.02 Å². The minimum atomic E-state index is -0.451. The number of nitrogens with one attached hydrogen (secondary N) is 1. The summed E-state index contributed by atoms with van der Waals surface area (Å²) < 4.78 is 15.4. The molecule has 3 rings (SSSR count). The van der Waals surface area contributed by atoms with Crippen molar-refractivity contribution in [2.75, 3.05) is 5.32 Å². The van der Waals surface area contributed by atoms with Crippen molar-refractivity contribution in [1.82, 2.24) is 4.98 Å². The fraction of sp³-hybridized carbons (Fsp3) is 0.125. The van der Waals surface area contributed by atoms with Crippen molar-refractivity contribution in [3.63, 3.8) is 0 Å². The average Bonchev–Trinajstić information content (AvgIpc) is 2.90. The van der Waals surface area contributed by atoms with Gasteiger partial charge in [-0.1, -0.05) is 35.5 Å². The van der Waals surface area contributed by atoms with Crippen molar-refractivity contribution in [3.8, 4) is 0 Å². The monoisotopic (exact) mass is 366 g/mol. The van der Waals surface area contributed by atoms with Crippen LogP contribution in [0.3, 0.4) is 0 Å². The maximum atomic E-state index is 13.6. The van der Waals surface area contributed by atoms with Crippen molar-refractivity contribution in [2.45, 2.75) is 16.5 Å². The molecule has 23 heavy (non-hydrogen) atoms. The summed E-state index contributed by atoms with van der Waals surface area (Å²) in [6, 6.07) is 11.6. The van der Waals surface area contributed by atoms with Gasteiger partial charge >= 0.3 is 0 Å². The lowest BCUT2D eigenvalue weighted by molar-refractivity contribution is -0.115. The van der Waals surface area contributed by atoms with Crippen molar-refractivity contribution >= 4 is 56.5 Å². The summed E-state index contributed by atoms with van der Waals surface area (Å²) in [4.78, 5) is 16.7. The molecule has 1 N–H and O–H groups in total. The van der Waals surface area contributed by atoms with Crippen LogP contribution in [-0.2, 0) is 4.79 Å². The van der Waals surface area contributed by atoms with Gasteiger partial charge in [0.05, 0.1) is 21.2 Å². The normalized spacial score (nSPS) is 12.3. The van der Waals surface area contributed by atoms with E-state index in [-0.39, 0.29) is 11.6 Å². The van der Waals surface area contributed by atoms with Crippen LogP contribution in [0.1, 0.15) is 6.92 Å². The number of rotatable bonds is 4. The first-order valence-electron chi connectivity index (χ1n) is 6.81. The minimum Gasteiger partial charge on any atom is -0.323 e. The maximum Gasteiger partial charge on any atom is 0.237 e. The quantitative estimate of drug-likeness (QED) is 0.644. The first-order chi connectivity index (χ1) is 11.0. The summed E-state index contributed by atoms with van der Waals surface area (Å²) in [5.74, 6) is -0.718. The Kier molecular flexibility index (Phi) is 4.84. The number of aromatic nitrogens is 1. The largest absolute Gasteiger partial charge is 0.323 e. The fourth-order valence-corrected chi connectivity index (χ4v) is 4.29. The van der Waals surface area contributed by atoms with Crippen LogP contribution < -0.4 is 5.32 Å². The summed E-state index contributed by atoms with van der Waals surface area (Å²) in [7, 11) is 0. The Morgan fingerprint density at radius 2 is 2.13 bits per heavy atom. The second-order valence-corrected chi connectivity index (χ2v) is 7.88. The summed E-state index contributed by atoms with van der Waals surface area (Å²) in [6.45, 7) is 1.76. The average molecular weight is 367 g/mol. The second-order valence-electron chi connectivity index (χ2n) is 4.82. The van der Waals surface area contributed by atoms with Gasteiger partial charge in [0.15, 0.2) is 4.34 Å². The van der Waals surface area contributed by atoms with Gasteiger partial charge in [-0.05, 0) is 37.3 Å². The Morgan fingerprint density at radius 1 is 1.35 bits per heavy atom. The molecule has 0 saturated carbocycles. The fourth-order valence-electron chi connectivity index (χ4n) is 1.93. The van der Waals surface area contributed by atoms with Crippen LogP contribution in [0.2, 0.25) is 5.02 Å². The molecule has 0 radical (unpaired) electrons. The van der Waals surface area contributed by atoms with Gasteiger partial charge in [0, 0.05) is 5.02 Å². The molecule has 1 unspecified atom stereocenters. The van der Waals surface area contributed by atoms with Crippen LogP contribution in [0.5, 0.6) is 0 Å². The van der Waals surface area contributed by atoms with Crippen LogP contribution in [0.15, 0.2) is 46.8 Å². The van der Waals surface area contributed by atoms with Crippen LogP contribution in [0, 0.1) is 5.82 Å². The number of thioether (sulfide) groups is 1. The number of fused-ring (bicyclic) bond motifs is 1. The van der Waals surface area contributed by atoms with Crippen LogP contribution in [0.25, 0.3) is 10.2 Å². The predicted octanol–water partition coefficient (Wildman–Crippen LogP) is 5.21. The molecule has 0 bridgehead atoms. The maximum absolute atomic E-state index is 13.6. The van der Waals surface area contributed by atoms with Gasteiger partial charge in [0.1, 0.15) is 5.82 Å². The number of thiazole rings is 1. The minimum absolute atomic E-state index is 0.182. The van der Waals surface area contributed by atoms with Gasteiger partial charge in [0.25, 0.3) is 0 Å². The van der Waals surface area contributed by atoms with E-state index in [1.807, 2.05) is 12.1 Å². The molecule has 1 amide bonds. The topological polar surface area (TPSA) is 42.0 Å². The van der Waals surface area contributed by atoms with Crippen LogP contribution in [0.4, 0.5) is 10.1 Å². The van der Waals surface area contributed by atoms with Crippen molar-refractivity contribution < 1.29 is 9.18 Å². The van der Waals surface area contributed by atoms with E-state index in [9.17, 15) is 9.18 Å². The van der Waals surface area contributed by atoms with E-state index in [1.165, 1.54) is 35.2 Å². The lowest BCUT2D eigenvalue weighted by Crippen LogP contribution is -2.22. The number of amides is 1. The van der Waals surface area contributed by atoms with Gasteiger partial charge in [-0.25, -0.2) is 9.37 Å². The number of hydrogen-bond donors (Lipinski definition) is 1. The first-order valence-corrected chi connectivity index (χ1v) is 8.88. The predicted molar refractivity (Wildman–Crippen MR) is 95.0 cm³/mol. The Labute approximate surface area is 145 Å². The Balaban J connectivity index is 1.71. The third-order valence-electron chi connectivity index (χ3n) is 3.11. The molecule has 7 heteroatoms. The molecule has 0 aliphatic rings. The number of nitrogens with zero attached hydrogens (tertiary/aromatic N) is 1. The Morgan fingerprint density at radius 3 is 2.91 bits per heavy atom. The number of hydrogen-bond acceptors (Lipinski definition) is 4. The number of halogens is 2. The van der Waals surface area contributed by atoms with E-state index in [0.717, 1.165) is 14.6 Å². The molecule has 2 aromatic carbocycles. The van der Waals surface area contributed by atoms with Crippen LogP contribution in [-0.4, -0.2) is 16.1 Å². The highest BCUT2D eigenvalue weighted by atomic mass is 35.5.